The smallest absolute Gasteiger partial charge is 0.113 e. The standard InChI is InChI=1S/C31H28NPSi2/c1-34(2)27-15-9-7-13-25(27)33-26-14-8-10-16-28(26)35(3,4)30-20-22(19-29(34)31(30)33)24-18-17-21-11-5-6-12-23(21)32-24/h5-20H,1-4H3. The quantitative estimate of drug-likeness (QED) is 0.251. The molecule has 4 aromatic carbocycles. The first-order valence-corrected chi connectivity index (χ1v) is 19.8. The van der Waals surface area contributed by atoms with Crippen molar-refractivity contribution < 1.29 is 0 Å². The first kappa shape index (κ1) is 21.4. The molecule has 7 rings (SSSR count). The Morgan fingerprint density at radius 2 is 1.11 bits per heavy atom. The molecule has 0 atom stereocenters. The summed E-state index contributed by atoms with van der Waals surface area (Å²) in [5.41, 5.74) is 3.46. The number of aromatic nitrogens is 1. The Kier molecular flexibility index (Phi) is 4.49. The van der Waals surface area contributed by atoms with Gasteiger partial charge < -0.3 is 0 Å². The van der Waals surface area contributed by atoms with Crippen LogP contribution < -0.4 is 36.7 Å². The highest BCUT2D eigenvalue weighted by atomic mass is 31.1. The molecule has 1 aromatic heterocycles. The van der Waals surface area contributed by atoms with Crippen molar-refractivity contribution in [1.82, 2.24) is 4.98 Å². The highest BCUT2D eigenvalue weighted by Gasteiger charge is 2.47. The van der Waals surface area contributed by atoms with Crippen molar-refractivity contribution in [3.8, 4) is 11.3 Å². The zero-order valence-corrected chi connectivity index (χ0v) is 23.5. The van der Waals surface area contributed by atoms with E-state index in [9.17, 15) is 0 Å². The number of rotatable bonds is 1. The summed E-state index contributed by atoms with van der Waals surface area (Å²) in [7, 11) is -4.29. The molecule has 0 spiro atoms. The summed E-state index contributed by atoms with van der Waals surface area (Å²) < 4.78 is 0. The third-order valence-corrected chi connectivity index (χ3v) is 18.8. The lowest BCUT2D eigenvalue weighted by atomic mass is 10.1. The molecule has 0 bridgehead atoms. The number of pyridine rings is 1. The molecule has 0 saturated heterocycles. The Hall–Kier alpha value is -2.85. The van der Waals surface area contributed by atoms with Crippen LogP contribution in [0.15, 0.2) is 97.1 Å². The van der Waals surface area contributed by atoms with Gasteiger partial charge in [0.25, 0.3) is 0 Å². The number of hydrogen-bond acceptors (Lipinski definition) is 1. The normalized spacial score (nSPS) is 16.9. The SMILES string of the molecule is C[Si]1(C)c2ccccc2P2c3ccccc3[Si](C)(C)c3cc(-c4ccc5ccccc5n4)cc1c32. The first-order valence-electron chi connectivity index (χ1n) is 12.4. The van der Waals surface area contributed by atoms with E-state index in [0.29, 0.717) is 0 Å². The van der Waals surface area contributed by atoms with E-state index in [4.69, 9.17) is 4.98 Å². The van der Waals surface area contributed by atoms with Crippen molar-refractivity contribution in [2.45, 2.75) is 26.2 Å². The number of hydrogen-bond donors (Lipinski definition) is 0. The Labute approximate surface area is 210 Å². The van der Waals surface area contributed by atoms with Gasteiger partial charge in [-0.3, -0.25) is 0 Å². The molecule has 0 fully saturated rings. The minimum atomic E-state index is -1.88. The van der Waals surface area contributed by atoms with E-state index < -0.39 is 24.1 Å². The van der Waals surface area contributed by atoms with Crippen LogP contribution in [0.4, 0.5) is 0 Å². The molecule has 170 valence electrons. The van der Waals surface area contributed by atoms with Gasteiger partial charge in [0.2, 0.25) is 0 Å². The van der Waals surface area contributed by atoms with Gasteiger partial charge in [-0.05, 0) is 62.3 Å². The molecule has 0 N–H and O–H groups in total. The fourth-order valence-corrected chi connectivity index (χ4v) is 19.1. The summed E-state index contributed by atoms with van der Waals surface area (Å²) in [6.07, 6.45) is 0. The lowest BCUT2D eigenvalue weighted by Gasteiger charge is -2.46. The van der Waals surface area contributed by atoms with E-state index in [1.165, 1.54) is 10.9 Å². The summed E-state index contributed by atoms with van der Waals surface area (Å²) in [6, 6.07) is 36.7. The van der Waals surface area contributed by atoms with Gasteiger partial charge in [-0.25, -0.2) is 4.98 Å². The van der Waals surface area contributed by atoms with E-state index in [0.717, 1.165) is 11.2 Å². The summed E-state index contributed by atoms with van der Waals surface area (Å²) >= 11 is 0. The van der Waals surface area contributed by atoms with Crippen molar-refractivity contribution in [3.63, 3.8) is 0 Å². The van der Waals surface area contributed by atoms with Gasteiger partial charge >= 0.3 is 0 Å². The van der Waals surface area contributed by atoms with Crippen molar-refractivity contribution in [1.29, 1.82) is 0 Å². The van der Waals surface area contributed by atoms with Crippen molar-refractivity contribution in [2.24, 2.45) is 0 Å². The molecule has 0 amide bonds. The van der Waals surface area contributed by atoms with Gasteiger partial charge in [0.05, 0.1) is 11.2 Å². The minimum absolute atomic E-state index is 0.529. The fourth-order valence-electron chi connectivity index (χ4n) is 6.26. The first-order chi connectivity index (χ1) is 16.9. The van der Waals surface area contributed by atoms with E-state index in [1.54, 1.807) is 36.7 Å². The molecule has 2 aliphatic rings. The fraction of sp³-hybridized carbons (Fsp3) is 0.129. The number of nitrogens with zero attached hydrogens (tertiary/aromatic N) is 1. The van der Waals surface area contributed by atoms with Gasteiger partial charge in [-0.2, -0.15) is 0 Å². The summed E-state index contributed by atoms with van der Waals surface area (Å²) in [5, 5.41) is 12.6. The maximum absolute atomic E-state index is 5.13. The van der Waals surface area contributed by atoms with Crippen molar-refractivity contribution in [2.75, 3.05) is 0 Å². The summed E-state index contributed by atoms with van der Waals surface area (Å²) in [6.45, 7) is 10.2. The lowest BCUT2D eigenvalue weighted by molar-refractivity contribution is 1.40. The molecular weight excluding hydrogens is 473 g/mol. The molecule has 0 radical (unpaired) electrons. The molecule has 35 heavy (non-hydrogen) atoms. The Morgan fingerprint density at radius 3 is 1.74 bits per heavy atom. The monoisotopic (exact) mass is 501 g/mol. The van der Waals surface area contributed by atoms with E-state index >= 15 is 0 Å². The van der Waals surface area contributed by atoms with Gasteiger partial charge in [-0.15, -0.1) is 0 Å². The van der Waals surface area contributed by atoms with Crippen molar-refractivity contribution >= 4 is 71.6 Å². The van der Waals surface area contributed by atoms with Crippen LogP contribution >= 0.6 is 7.92 Å². The zero-order valence-electron chi connectivity index (χ0n) is 20.6. The van der Waals surface area contributed by atoms with Crippen LogP contribution in [0.25, 0.3) is 22.2 Å². The van der Waals surface area contributed by atoms with Crippen LogP contribution in [0.2, 0.25) is 26.2 Å². The van der Waals surface area contributed by atoms with Crippen LogP contribution in [0.1, 0.15) is 0 Å². The van der Waals surface area contributed by atoms with Crippen LogP contribution in [0.5, 0.6) is 0 Å². The van der Waals surface area contributed by atoms with Crippen molar-refractivity contribution in [3.05, 3.63) is 97.1 Å². The topological polar surface area (TPSA) is 12.9 Å². The Morgan fingerprint density at radius 1 is 0.571 bits per heavy atom. The molecule has 2 aliphatic heterocycles. The van der Waals surface area contributed by atoms with E-state index in [2.05, 4.69) is 123 Å². The second-order valence-electron chi connectivity index (χ2n) is 10.9. The van der Waals surface area contributed by atoms with Gasteiger partial charge in [0, 0.05) is 5.39 Å². The second-order valence-corrected chi connectivity index (χ2v) is 21.7. The summed E-state index contributed by atoms with van der Waals surface area (Å²) in [4.78, 5) is 5.13. The van der Waals surface area contributed by atoms with Gasteiger partial charge in [-0.1, -0.05) is 111 Å². The molecule has 4 heteroatoms. The number of para-hydroxylation sites is 1. The summed E-state index contributed by atoms with van der Waals surface area (Å²) in [5.74, 6) is 0. The molecule has 0 saturated carbocycles. The third kappa shape index (κ3) is 2.92. The Balaban J connectivity index is 1.58. The van der Waals surface area contributed by atoms with Crippen LogP contribution in [-0.4, -0.2) is 21.1 Å². The second kappa shape index (κ2) is 7.33. The van der Waals surface area contributed by atoms with Gasteiger partial charge in [0.15, 0.2) is 0 Å². The van der Waals surface area contributed by atoms with E-state index in [-0.39, 0.29) is 0 Å². The van der Waals surface area contributed by atoms with Crippen LogP contribution in [0, 0.1) is 0 Å². The maximum atomic E-state index is 5.13. The molecule has 1 nitrogen and oxygen atoms in total. The lowest BCUT2D eigenvalue weighted by Crippen LogP contribution is -2.75. The highest BCUT2D eigenvalue weighted by Crippen LogP contribution is 2.38. The van der Waals surface area contributed by atoms with Crippen LogP contribution in [-0.2, 0) is 0 Å². The molecule has 0 aliphatic carbocycles. The Bertz CT molecular complexity index is 1590. The van der Waals surface area contributed by atoms with E-state index in [1.807, 2.05) is 0 Å². The zero-order chi connectivity index (χ0) is 23.9. The average Bonchev–Trinajstić information content (AvgIpc) is 2.88. The molecule has 3 heterocycles. The average molecular weight is 502 g/mol. The maximum Gasteiger partial charge on any atom is 0.113 e. The number of fused-ring (bicyclic) bond motifs is 5. The third-order valence-electron chi connectivity index (χ3n) is 8.21. The highest BCUT2D eigenvalue weighted by molar-refractivity contribution is 7.83. The van der Waals surface area contributed by atoms with Crippen LogP contribution in [0.3, 0.4) is 0 Å². The largest absolute Gasteiger partial charge is 0.248 e. The number of benzene rings is 4. The molecule has 0 unspecified atom stereocenters. The predicted octanol–water partition coefficient (Wildman–Crippen LogP) is 3.93. The minimum Gasteiger partial charge on any atom is -0.248 e. The predicted molar refractivity (Wildman–Crippen MR) is 159 cm³/mol. The molecular formula is C31H28NPSi2. The molecule has 5 aromatic rings. The van der Waals surface area contributed by atoms with Gasteiger partial charge in [0.1, 0.15) is 16.1 Å².